The van der Waals surface area contributed by atoms with Crippen molar-refractivity contribution >= 4 is 19.2 Å². The van der Waals surface area contributed by atoms with Gasteiger partial charge in [-0.25, -0.2) is 9.18 Å². The Morgan fingerprint density at radius 2 is 1.88 bits per heavy atom. The monoisotopic (exact) mass is 335 g/mol. The van der Waals surface area contributed by atoms with Crippen molar-refractivity contribution < 1.29 is 23.2 Å². The molecule has 0 unspecified atom stereocenters. The second kappa shape index (κ2) is 6.66. The van der Waals surface area contributed by atoms with Crippen molar-refractivity contribution in [3.8, 4) is 0 Å². The number of carbonyl (C=O) groups is 1. The number of rotatable bonds is 4. The molecular formula is C17H23BFNO4. The average molecular weight is 335 g/mol. The second-order valence-electron chi connectivity index (χ2n) is 6.74. The van der Waals surface area contributed by atoms with Crippen molar-refractivity contribution in [2.75, 3.05) is 13.7 Å². The summed E-state index contributed by atoms with van der Waals surface area (Å²) in [6.07, 6.45) is 1.74. The molecule has 0 aromatic heterocycles. The second-order valence-corrected chi connectivity index (χ2v) is 6.74. The number of carbonyl (C=O) groups excluding carboxylic acids is 1. The quantitative estimate of drug-likeness (QED) is 0.676. The molecule has 0 radical (unpaired) electrons. The van der Waals surface area contributed by atoms with Crippen LogP contribution in [-0.2, 0) is 14.0 Å². The molecule has 1 saturated heterocycles. The Morgan fingerprint density at radius 3 is 2.38 bits per heavy atom. The Bertz CT molecular complexity index is 657. The van der Waals surface area contributed by atoms with E-state index in [0.29, 0.717) is 11.0 Å². The maximum absolute atomic E-state index is 13.7. The van der Waals surface area contributed by atoms with E-state index >= 15 is 0 Å². The first-order chi connectivity index (χ1) is 11.1. The molecule has 0 saturated carbocycles. The molecule has 24 heavy (non-hydrogen) atoms. The zero-order chi connectivity index (χ0) is 18.1. The van der Waals surface area contributed by atoms with E-state index in [1.54, 1.807) is 12.1 Å². The number of methoxy groups -OCH3 is 1. The Labute approximate surface area is 142 Å². The van der Waals surface area contributed by atoms with E-state index in [0.717, 1.165) is 0 Å². The van der Waals surface area contributed by atoms with Gasteiger partial charge >= 0.3 is 13.1 Å². The number of nitrogens with two attached hydrogens (primary N) is 1. The Kier molecular flexibility index (Phi) is 5.18. The first-order valence-corrected chi connectivity index (χ1v) is 7.75. The van der Waals surface area contributed by atoms with Crippen molar-refractivity contribution in [3.05, 3.63) is 40.6 Å². The van der Waals surface area contributed by atoms with E-state index in [9.17, 15) is 9.18 Å². The van der Waals surface area contributed by atoms with Gasteiger partial charge in [0, 0.05) is 6.54 Å². The summed E-state index contributed by atoms with van der Waals surface area (Å²) < 4.78 is 30.3. The van der Waals surface area contributed by atoms with Crippen molar-refractivity contribution in [2.45, 2.75) is 38.9 Å². The van der Waals surface area contributed by atoms with Gasteiger partial charge in [-0.2, -0.15) is 0 Å². The zero-order valence-electron chi connectivity index (χ0n) is 14.7. The smallest absolute Gasteiger partial charge is 0.465 e. The molecule has 0 atom stereocenters. The molecule has 2 N–H and O–H groups in total. The molecule has 1 aromatic carbocycles. The fourth-order valence-electron chi connectivity index (χ4n) is 2.33. The minimum Gasteiger partial charge on any atom is -0.465 e. The van der Waals surface area contributed by atoms with Crippen LogP contribution in [0.25, 0.3) is 6.08 Å². The highest BCUT2D eigenvalue weighted by molar-refractivity contribution is 6.55. The minimum atomic E-state index is -0.729. The number of benzene rings is 1. The van der Waals surface area contributed by atoms with Gasteiger partial charge in [-0.1, -0.05) is 12.1 Å². The van der Waals surface area contributed by atoms with Crippen LogP contribution < -0.4 is 5.73 Å². The fraction of sp³-hybridized carbons (Fsp3) is 0.471. The Balaban J connectivity index is 2.34. The molecule has 1 aliphatic heterocycles. The SMILES string of the molecule is COC(=O)c1cc(C=C(CN)B2OC(C)(C)C(C)(C)O2)ccc1F. The van der Waals surface area contributed by atoms with E-state index in [-0.39, 0.29) is 12.1 Å². The van der Waals surface area contributed by atoms with Crippen LogP contribution in [0.2, 0.25) is 0 Å². The van der Waals surface area contributed by atoms with Gasteiger partial charge in [-0.15, -0.1) is 0 Å². The van der Waals surface area contributed by atoms with Crippen LogP contribution >= 0.6 is 0 Å². The summed E-state index contributed by atoms with van der Waals surface area (Å²) in [6.45, 7) is 8.02. The summed E-state index contributed by atoms with van der Waals surface area (Å²) in [5, 5.41) is 0. The van der Waals surface area contributed by atoms with Crippen molar-refractivity contribution in [3.63, 3.8) is 0 Å². The van der Waals surface area contributed by atoms with Gasteiger partial charge < -0.3 is 19.8 Å². The van der Waals surface area contributed by atoms with E-state index in [4.69, 9.17) is 15.0 Å². The van der Waals surface area contributed by atoms with Crippen LogP contribution in [0.15, 0.2) is 23.7 Å². The third-order valence-corrected chi connectivity index (χ3v) is 4.54. The van der Waals surface area contributed by atoms with Crippen LogP contribution in [0.4, 0.5) is 4.39 Å². The highest BCUT2D eigenvalue weighted by Gasteiger charge is 2.52. The molecule has 1 fully saturated rings. The molecule has 0 bridgehead atoms. The normalized spacial score (nSPS) is 19.5. The molecule has 1 heterocycles. The average Bonchev–Trinajstić information content (AvgIpc) is 2.73. The van der Waals surface area contributed by atoms with Crippen molar-refractivity contribution in [2.24, 2.45) is 5.73 Å². The molecule has 1 aliphatic rings. The molecule has 2 rings (SSSR count). The van der Waals surface area contributed by atoms with E-state index in [1.165, 1.54) is 19.2 Å². The summed E-state index contributed by atoms with van der Waals surface area (Å²) >= 11 is 0. The molecule has 5 nitrogen and oxygen atoms in total. The van der Waals surface area contributed by atoms with Crippen LogP contribution in [0.3, 0.4) is 0 Å². The largest absolute Gasteiger partial charge is 0.491 e. The topological polar surface area (TPSA) is 70.8 Å². The maximum Gasteiger partial charge on any atom is 0.491 e. The number of ether oxygens (including phenoxy) is 1. The standard InChI is InChI=1S/C17H23BFNO4/c1-16(2)17(3,4)24-18(23-16)12(10-20)8-11-6-7-14(19)13(9-11)15(21)22-5/h6-9H,10,20H2,1-5H3. The van der Waals surface area contributed by atoms with E-state index in [2.05, 4.69) is 4.74 Å². The fourth-order valence-corrected chi connectivity index (χ4v) is 2.33. The molecular weight excluding hydrogens is 312 g/mol. The maximum atomic E-state index is 13.7. The predicted octanol–water partition coefficient (Wildman–Crippen LogP) is 2.59. The molecule has 1 aromatic rings. The number of hydrogen-bond donors (Lipinski definition) is 1. The van der Waals surface area contributed by atoms with Gasteiger partial charge in [-0.05, 0) is 50.9 Å². The minimum absolute atomic E-state index is 0.128. The van der Waals surface area contributed by atoms with Gasteiger partial charge in [0.05, 0.1) is 23.9 Å². The zero-order valence-corrected chi connectivity index (χ0v) is 14.7. The lowest BCUT2D eigenvalue weighted by molar-refractivity contribution is 0.00578. The van der Waals surface area contributed by atoms with Gasteiger partial charge in [0.1, 0.15) is 5.82 Å². The molecule has 7 heteroatoms. The van der Waals surface area contributed by atoms with Crippen LogP contribution in [0.5, 0.6) is 0 Å². The van der Waals surface area contributed by atoms with Crippen molar-refractivity contribution in [1.29, 1.82) is 0 Å². The predicted molar refractivity (Wildman–Crippen MR) is 90.9 cm³/mol. The Morgan fingerprint density at radius 1 is 1.29 bits per heavy atom. The van der Waals surface area contributed by atoms with Crippen LogP contribution in [0.1, 0.15) is 43.6 Å². The van der Waals surface area contributed by atoms with Gasteiger partial charge in [0.25, 0.3) is 0 Å². The number of esters is 1. The number of halogens is 1. The van der Waals surface area contributed by atoms with E-state index in [1.807, 2.05) is 27.7 Å². The third-order valence-electron chi connectivity index (χ3n) is 4.54. The van der Waals surface area contributed by atoms with Gasteiger partial charge in [0.15, 0.2) is 0 Å². The van der Waals surface area contributed by atoms with Crippen LogP contribution in [-0.4, -0.2) is 37.9 Å². The molecule has 0 aliphatic carbocycles. The molecule has 130 valence electrons. The Hall–Kier alpha value is -1.70. The summed E-state index contributed by atoms with van der Waals surface area (Å²) in [5.74, 6) is -1.36. The highest BCUT2D eigenvalue weighted by atomic mass is 19.1. The first-order valence-electron chi connectivity index (χ1n) is 7.75. The summed E-state index contributed by atoms with van der Waals surface area (Å²) in [7, 11) is 0.617. The summed E-state index contributed by atoms with van der Waals surface area (Å²) in [6, 6.07) is 4.20. The van der Waals surface area contributed by atoms with Crippen LogP contribution in [0, 0.1) is 5.82 Å². The lowest BCUT2D eigenvalue weighted by Gasteiger charge is -2.32. The number of hydrogen-bond acceptors (Lipinski definition) is 5. The summed E-state index contributed by atoms with van der Waals surface area (Å²) in [5.41, 5.74) is 6.07. The first kappa shape index (κ1) is 18.6. The summed E-state index contributed by atoms with van der Waals surface area (Å²) in [4.78, 5) is 11.6. The highest BCUT2D eigenvalue weighted by Crippen LogP contribution is 2.38. The lowest BCUT2D eigenvalue weighted by Crippen LogP contribution is -2.41. The lowest BCUT2D eigenvalue weighted by atomic mass is 9.77. The van der Waals surface area contributed by atoms with Crippen molar-refractivity contribution in [1.82, 2.24) is 0 Å². The molecule has 0 spiro atoms. The van der Waals surface area contributed by atoms with E-state index < -0.39 is 30.1 Å². The third kappa shape index (κ3) is 3.53. The van der Waals surface area contributed by atoms with Gasteiger partial charge in [-0.3, -0.25) is 0 Å². The molecule has 0 amide bonds. The van der Waals surface area contributed by atoms with Gasteiger partial charge in [0.2, 0.25) is 0 Å².